The number of para-hydroxylation sites is 2. The molecule has 0 atom stereocenters. The van der Waals surface area contributed by atoms with Crippen molar-refractivity contribution >= 4 is 54.5 Å². The third-order valence-electron chi connectivity index (χ3n) is 9.43. The average Bonchev–Trinajstić information content (AvgIpc) is 3.75. The lowest BCUT2D eigenvalue weighted by Gasteiger charge is -2.13. The van der Waals surface area contributed by atoms with Gasteiger partial charge >= 0.3 is 0 Å². The number of oxazole rings is 1. The predicted octanol–water partition coefficient (Wildman–Crippen LogP) is 11.6. The largest absolute Gasteiger partial charge is 0.436 e. The number of fused-ring (bicyclic) bond motifs is 7. The first kappa shape index (κ1) is 26.7. The highest BCUT2D eigenvalue weighted by molar-refractivity contribution is 6.12. The molecule has 0 spiro atoms. The summed E-state index contributed by atoms with van der Waals surface area (Å²) in [7, 11) is 0. The molecule has 4 heteroatoms. The summed E-state index contributed by atoms with van der Waals surface area (Å²) in [4.78, 5) is 9.89. The average molecular weight is 614 g/mol. The maximum Gasteiger partial charge on any atom is 0.227 e. The zero-order valence-corrected chi connectivity index (χ0v) is 25.8. The molecule has 0 bridgehead atoms. The lowest BCUT2D eigenvalue weighted by atomic mass is 9.98. The molecule has 0 amide bonds. The molecule has 48 heavy (non-hydrogen) atoms. The van der Waals surface area contributed by atoms with E-state index >= 15 is 0 Å². The highest BCUT2D eigenvalue weighted by Gasteiger charge is 2.19. The van der Waals surface area contributed by atoms with E-state index in [0.717, 1.165) is 66.5 Å². The van der Waals surface area contributed by atoms with Crippen LogP contribution in [-0.2, 0) is 0 Å². The molecule has 10 aromatic rings. The summed E-state index contributed by atoms with van der Waals surface area (Å²) < 4.78 is 8.98. The molecule has 4 nitrogen and oxygen atoms in total. The van der Waals surface area contributed by atoms with Gasteiger partial charge in [0.1, 0.15) is 5.52 Å². The van der Waals surface area contributed by atoms with Gasteiger partial charge in [-0.1, -0.05) is 103 Å². The van der Waals surface area contributed by atoms with Gasteiger partial charge in [0.05, 0.1) is 16.7 Å². The fourth-order valence-electron chi connectivity index (χ4n) is 7.22. The Morgan fingerprint density at radius 3 is 2.02 bits per heavy atom. The van der Waals surface area contributed by atoms with E-state index in [-0.39, 0.29) is 0 Å². The normalized spacial score (nSPS) is 11.8. The number of benzene rings is 7. The maximum absolute atomic E-state index is 6.62. The smallest absolute Gasteiger partial charge is 0.227 e. The van der Waals surface area contributed by atoms with Crippen molar-refractivity contribution in [3.05, 3.63) is 164 Å². The lowest BCUT2D eigenvalue weighted by molar-refractivity contribution is 0.620. The van der Waals surface area contributed by atoms with Crippen LogP contribution >= 0.6 is 0 Å². The minimum absolute atomic E-state index is 0.581. The van der Waals surface area contributed by atoms with Crippen LogP contribution in [-0.4, -0.2) is 14.5 Å². The Kier molecular flexibility index (Phi) is 5.84. The van der Waals surface area contributed by atoms with E-state index in [1.165, 1.54) is 21.5 Å². The van der Waals surface area contributed by atoms with Gasteiger partial charge < -0.3 is 8.98 Å². The second-order valence-corrected chi connectivity index (χ2v) is 12.3. The van der Waals surface area contributed by atoms with E-state index in [9.17, 15) is 0 Å². The Morgan fingerprint density at radius 1 is 0.500 bits per heavy atom. The molecule has 0 unspecified atom stereocenters. The monoisotopic (exact) mass is 613 g/mol. The van der Waals surface area contributed by atoms with Gasteiger partial charge in [-0.15, -0.1) is 0 Å². The Bertz CT molecular complexity index is 2790. The van der Waals surface area contributed by atoms with Gasteiger partial charge in [-0.05, 0) is 81.9 Å². The van der Waals surface area contributed by atoms with Crippen LogP contribution in [0, 0.1) is 0 Å². The zero-order chi connectivity index (χ0) is 31.6. The lowest BCUT2D eigenvalue weighted by Crippen LogP contribution is -1.96. The van der Waals surface area contributed by atoms with Crippen molar-refractivity contribution in [2.45, 2.75) is 0 Å². The fourth-order valence-corrected chi connectivity index (χ4v) is 7.22. The summed E-state index contributed by atoms with van der Waals surface area (Å²) in [5.41, 5.74) is 10.0. The van der Waals surface area contributed by atoms with Crippen LogP contribution in [0.25, 0.3) is 94.0 Å². The van der Waals surface area contributed by atoms with Crippen molar-refractivity contribution in [3.8, 4) is 39.5 Å². The van der Waals surface area contributed by atoms with Gasteiger partial charge in [0.15, 0.2) is 5.58 Å². The molecule has 224 valence electrons. The summed E-state index contributed by atoms with van der Waals surface area (Å²) in [6.45, 7) is 0. The molecule has 0 fully saturated rings. The number of rotatable bonds is 4. The highest BCUT2D eigenvalue weighted by Crippen LogP contribution is 2.39. The van der Waals surface area contributed by atoms with Crippen molar-refractivity contribution in [3.63, 3.8) is 0 Å². The van der Waals surface area contributed by atoms with E-state index in [1.54, 1.807) is 0 Å². The highest BCUT2D eigenvalue weighted by atomic mass is 16.3. The minimum atomic E-state index is 0.581. The predicted molar refractivity (Wildman–Crippen MR) is 197 cm³/mol. The molecule has 0 aliphatic carbocycles. The second kappa shape index (κ2) is 10.5. The SMILES string of the molecule is c1ccc(-c2cccc3ccc4oc(-c5cc(-c6ccc7ccccc7c6)cc(-n6c7ccccc7c7ccccc76)c5)nc4c23)nc1. The zero-order valence-electron chi connectivity index (χ0n) is 25.8. The van der Waals surface area contributed by atoms with Crippen LogP contribution < -0.4 is 0 Å². The number of hydrogen-bond acceptors (Lipinski definition) is 3. The number of aromatic nitrogens is 3. The van der Waals surface area contributed by atoms with Gasteiger partial charge in [-0.2, -0.15) is 0 Å². The van der Waals surface area contributed by atoms with E-state index in [1.807, 2.05) is 30.5 Å². The Balaban J connectivity index is 1.25. The molecule has 0 radical (unpaired) electrons. The molecule has 3 aromatic heterocycles. The molecule has 0 saturated carbocycles. The molecule has 7 aromatic carbocycles. The maximum atomic E-state index is 6.62. The summed E-state index contributed by atoms with van der Waals surface area (Å²) in [6.07, 6.45) is 1.83. The first-order chi connectivity index (χ1) is 23.8. The molecule has 10 rings (SSSR count). The number of nitrogens with zero attached hydrogens (tertiary/aromatic N) is 3. The molecule has 0 aliphatic rings. The van der Waals surface area contributed by atoms with Gasteiger partial charge in [0.2, 0.25) is 5.89 Å². The molecule has 0 N–H and O–H groups in total. The van der Waals surface area contributed by atoms with Crippen LogP contribution in [0.5, 0.6) is 0 Å². The van der Waals surface area contributed by atoms with Crippen LogP contribution in [0.15, 0.2) is 168 Å². The third-order valence-corrected chi connectivity index (χ3v) is 9.43. The van der Waals surface area contributed by atoms with Crippen LogP contribution in [0.3, 0.4) is 0 Å². The molecule has 3 heterocycles. The summed E-state index contributed by atoms with van der Waals surface area (Å²) in [5.74, 6) is 0.581. The Labute approximate surface area is 276 Å². The summed E-state index contributed by atoms with van der Waals surface area (Å²) in [5, 5.41) is 7.00. The van der Waals surface area contributed by atoms with Gasteiger partial charge in [0, 0.05) is 39.2 Å². The fraction of sp³-hybridized carbons (Fsp3) is 0. The van der Waals surface area contributed by atoms with Gasteiger partial charge in [-0.3, -0.25) is 4.98 Å². The summed E-state index contributed by atoms with van der Waals surface area (Å²) in [6, 6.07) is 55.5. The van der Waals surface area contributed by atoms with E-state index in [2.05, 4.69) is 143 Å². The molecular weight excluding hydrogens is 587 g/mol. The molecular formula is C44H27N3O. The number of hydrogen-bond donors (Lipinski definition) is 0. The Hall–Kier alpha value is -6.52. The van der Waals surface area contributed by atoms with Crippen molar-refractivity contribution in [1.29, 1.82) is 0 Å². The third kappa shape index (κ3) is 4.16. The van der Waals surface area contributed by atoms with Crippen LogP contribution in [0.4, 0.5) is 0 Å². The van der Waals surface area contributed by atoms with Crippen molar-refractivity contribution in [2.75, 3.05) is 0 Å². The quantitative estimate of drug-likeness (QED) is 0.198. The van der Waals surface area contributed by atoms with E-state index < -0.39 is 0 Å². The van der Waals surface area contributed by atoms with Crippen molar-refractivity contribution in [2.24, 2.45) is 0 Å². The summed E-state index contributed by atoms with van der Waals surface area (Å²) >= 11 is 0. The first-order valence-corrected chi connectivity index (χ1v) is 16.2. The Morgan fingerprint density at radius 2 is 1.21 bits per heavy atom. The van der Waals surface area contributed by atoms with E-state index in [4.69, 9.17) is 9.40 Å². The van der Waals surface area contributed by atoms with Crippen molar-refractivity contribution < 1.29 is 4.42 Å². The topological polar surface area (TPSA) is 43.9 Å². The van der Waals surface area contributed by atoms with Gasteiger partial charge in [0.25, 0.3) is 0 Å². The molecule has 0 aliphatic heterocycles. The van der Waals surface area contributed by atoms with Crippen molar-refractivity contribution in [1.82, 2.24) is 14.5 Å². The first-order valence-electron chi connectivity index (χ1n) is 16.2. The van der Waals surface area contributed by atoms with E-state index in [0.29, 0.717) is 5.89 Å². The van der Waals surface area contributed by atoms with Crippen LogP contribution in [0.1, 0.15) is 0 Å². The second-order valence-electron chi connectivity index (χ2n) is 12.3. The molecule has 0 saturated heterocycles. The minimum Gasteiger partial charge on any atom is -0.436 e. The van der Waals surface area contributed by atoms with Crippen LogP contribution in [0.2, 0.25) is 0 Å². The standard InChI is InChI=1S/C44H27N3O/c1-2-11-30-24-31(20-19-28(30)10-1)32-25-33(27-34(26-32)47-39-17-5-3-13-35(39)36-14-4-6-18-40(36)47)44-46-43-41(48-44)22-21-29-12-9-15-37(42(29)43)38-16-7-8-23-45-38/h1-27H. The van der Waals surface area contributed by atoms with Gasteiger partial charge in [-0.25, -0.2) is 4.98 Å². The number of pyridine rings is 1.